The molecule has 0 saturated heterocycles. The Morgan fingerprint density at radius 2 is 1.70 bits per heavy atom. The van der Waals surface area contributed by atoms with Crippen molar-refractivity contribution < 1.29 is 9.84 Å². The lowest BCUT2D eigenvalue weighted by molar-refractivity contribution is 0.414. The average Bonchev–Trinajstić information content (AvgIpc) is 2.73. The molecule has 0 spiro atoms. The Balaban J connectivity index is 1.88. The maximum absolute atomic E-state index is 10.7. The van der Waals surface area contributed by atoms with Crippen molar-refractivity contribution in [1.29, 1.82) is 0 Å². The topological polar surface area (TPSA) is 67.3 Å². The molecule has 2 aromatic carbocycles. The summed E-state index contributed by atoms with van der Waals surface area (Å²) in [6.45, 7) is 0. The van der Waals surface area contributed by atoms with Crippen LogP contribution in [0.4, 0.5) is 5.82 Å². The summed E-state index contributed by atoms with van der Waals surface area (Å²) < 4.78 is 5.27. The first-order valence-electron chi connectivity index (χ1n) is 8.64. The summed E-state index contributed by atoms with van der Waals surface area (Å²) in [5.74, 6) is 1.71. The van der Waals surface area contributed by atoms with Gasteiger partial charge in [0.15, 0.2) is 0 Å². The van der Waals surface area contributed by atoms with Crippen molar-refractivity contribution in [3.63, 3.8) is 0 Å². The molecule has 1 atom stereocenters. The van der Waals surface area contributed by atoms with Crippen LogP contribution in [0.5, 0.6) is 11.5 Å². The predicted octanol–water partition coefficient (Wildman–Crippen LogP) is 4.55. The highest BCUT2D eigenvalue weighted by atomic mass is 16.5. The molecule has 5 heteroatoms. The number of aromatic hydroxyl groups is 1. The fourth-order valence-corrected chi connectivity index (χ4v) is 3.18. The lowest BCUT2D eigenvalue weighted by Gasteiger charge is -2.23. The van der Waals surface area contributed by atoms with Gasteiger partial charge in [-0.15, -0.1) is 0 Å². The van der Waals surface area contributed by atoms with E-state index in [-0.39, 0.29) is 11.8 Å². The fraction of sp³-hybridized carbons (Fsp3) is 0.0909. The maximum atomic E-state index is 10.7. The van der Waals surface area contributed by atoms with E-state index in [0.717, 1.165) is 33.6 Å². The molecule has 0 amide bonds. The van der Waals surface area contributed by atoms with Crippen molar-refractivity contribution >= 4 is 16.7 Å². The fourth-order valence-electron chi connectivity index (χ4n) is 3.18. The van der Waals surface area contributed by atoms with Gasteiger partial charge >= 0.3 is 0 Å². The first kappa shape index (κ1) is 16.8. The molecular formula is C22H19N3O2. The Morgan fingerprint density at radius 1 is 0.889 bits per heavy atom. The number of aromatic nitrogens is 2. The largest absolute Gasteiger partial charge is 0.508 e. The van der Waals surface area contributed by atoms with Gasteiger partial charge in [-0.3, -0.25) is 4.98 Å². The monoisotopic (exact) mass is 357 g/mol. The van der Waals surface area contributed by atoms with Gasteiger partial charge in [-0.2, -0.15) is 0 Å². The number of rotatable bonds is 5. The molecule has 4 aromatic rings. The van der Waals surface area contributed by atoms with Crippen LogP contribution in [0.2, 0.25) is 0 Å². The van der Waals surface area contributed by atoms with E-state index in [2.05, 4.69) is 15.3 Å². The van der Waals surface area contributed by atoms with E-state index in [9.17, 15) is 5.11 Å². The van der Waals surface area contributed by atoms with Gasteiger partial charge in [-0.25, -0.2) is 4.98 Å². The van der Waals surface area contributed by atoms with Crippen molar-refractivity contribution in [2.75, 3.05) is 12.4 Å². The number of nitrogens with one attached hydrogen (secondary N) is 1. The predicted molar refractivity (Wildman–Crippen MR) is 106 cm³/mol. The van der Waals surface area contributed by atoms with Crippen LogP contribution >= 0.6 is 0 Å². The lowest BCUT2D eigenvalue weighted by atomic mass is 9.94. The Bertz CT molecular complexity index is 1050. The Hall–Kier alpha value is -3.60. The molecule has 2 aromatic heterocycles. The summed E-state index contributed by atoms with van der Waals surface area (Å²) in [7, 11) is 1.64. The number of nitrogens with zero attached hydrogens (tertiary/aromatic N) is 2. The quantitative estimate of drug-likeness (QED) is 0.549. The number of methoxy groups -OCH3 is 1. The molecule has 134 valence electrons. The van der Waals surface area contributed by atoms with E-state index < -0.39 is 0 Å². The number of phenolic OH excluding ortho intramolecular Hbond substituents is 1. The second-order valence-corrected chi connectivity index (χ2v) is 6.13. The molecule has 0 fully saturated rings. The zero-order chi connectivity index (χ0) is 18.6. The molecule has 2 heterocycles. The smallest absolute Gasteiger partial charge is 0.126 e. The molecule has 0 aliphatic carbocycles. The zero-order valence-electron chi connectivity index (χ0n) is 14.8. The second kappa shape index (κ2) is 7.33. The molecule has 0 aliphatic heterocycles. The average molecular weight is 357 g/mol. The van der Waals surface area contributed by atoms with Gasteiger partial charge < -0.3 is 15.2 Å². The van der Waals surface area contributed by atoms with Gasteiger partial charge in [0, 0.05) is 23.3 Å². The Labute approximate surface area is 157 Å². The van der Waals surface area contributed by atoms with Gasteiger partial charge in [-0.1, -0.05) is 24.3 Å². The number of benzene rings is 2. The van der Waals surface area contributed by atoms with Crippen molar-refractivity contribution in [3.05, 3.63) is 90.3 Å². The number of hydrogen-bond acceptors (Lipinski definition) is 5. The Kier molecular flexibility index (Phi) is 4.58. The third-order valence-corrected chi connectivity index (χ3v) is 4.50. The zero-order valence-corrected chi connectivity index (χ0v) is 14.8. The van der Waals surface area contributed by atoms with Crippen LogP contribution in [0.1, 0.15) is 17.2 Å². The highest BCUT2D eigenvalue weighted by Crippen LogP contribution is 2.37. The SMILES string of the molecule is COc1ccc([C@@H](Nc2ccccn2)c2c(O)ccc3ncccc23)cc1. The van der Waals surface area contributed by atoms with Crippen LogP contribution in [-0.4, -0.2) is 22.2 Å². The molecule has 0 saturated carbocycles. The summed E-state index contributed by atoms with van der Waals surface area (Å²) in [4.78, 5) is 8.80. The van der Waals surface area contributed by atoms with Crippen molar-refractivity contribution in [3.8, 4) is 11.5 Å². The van der Waals surface area contributed by atoms with Crippen LogP contribution in [0.15, 0.2) is 79.1 Å². The molecule has 0 unspecified atom stereocenters. The summed E-state index contributed by atoms with van der Waals surface area (Å²) >= 11 is 0. The number of hydrogen-bond donors (Lipinski definition) is 2. The third kappa shape index (κ3) is 3.40. The minimum atomic E-state index is -0.307. The van der Waals surface area contributed by atoms with E-state index in [1.54, 1.807) is 25.6 Å². The lowest BCUT2D eigenvalue weighted by Crippen LogP contribution is -2.14. The molecular weight excluding hydrogens is 338 g/mol. The van der Waals surface area contributed by atoms with Crippen LogP contribution in [0.25, 0.3) is 10.9 Å². The third-order valence-electron chi connectivity index (χ3n) is 4.50. The summed E-state index contributed by atoms with van der Waals surface area (Å²) in [5.41, 5.74) is 2.57. The molecule has 5 nitrogen and oxygen atoms in total. The van der Waals surface area contributed by atoms with E-state index in [1.807, 2.05) is 60.7 Å². The van der Waals surface area contributed by atoms with E-state index in [0.29, 0.717) is 0 Å². The standard InChI is InChI=1S/C22H19N3O2/c1-27-16-9-7-15(8-10-16)22(25-20-6-2-3-13-24-20)21-17-5-4-14-23-18(17)11-12-19(21)26/h2-14,22,26H,1H3,(H,24,25)/t22-/m1/s1. The van der Waals surface area contributed by atoms with Crippen LogP contribution < -0.4 is 10.1 Å². The van der Waals surface area contributed by atoms with Crippen molar-refractivity contribution in [2.45, 2.75) is 6.04 Å². The normalized spacial score (nSPS) is 11.9. The summed E-state index contributed by atoms with van der Waals surface area (Å²) in [6.07, 6.45) is 3.48. The molecule has 4 rings (SSSR count). The highest BCUT2D eigenvalue weighted by Gasteiger charge is 2.21. The molecule has 0 radical (unpaired) electrons. The van der Waals surface area contributed by atoms with Crippen LogP contribution in [-0.2, 0) is 0 Å². The van der Waals surface area contributed by atoms with Crippen molar-refractivity contribution in [1.82, 2.24) is 9.97 Å². The second-order valence-electron chi connectivity index (χ2n) is 6.13. The molecule has 0 bridgehead atoms. The van der Waals surface area contributed by atoms with Gasteiger partial charge in [-0.05, 0) is 48.0 Å². The number of fused-ring (bicyclic) bond motifs is 1. The first-order valence-corrected chi connectivity index (χ1v) is 8.64. The highest BCUT2D eigenvalue weighted by molar-refractivity contribution is 5.86. The van der Waals surface area contributed by atoms with Crippen LogP contribution in [0.3, 0.4) is 0 Å². The maximum Gasteiger partial charge on any atom is 0.126 e. The number of ether oxygens (including phenoxy) is 1. The molecule has 0 aliphatic rings. The minimum Gasteiger partial charge on any atom is -0.508 e. The number of phenols is 1. The molecule has 2 N–H and O–H groups in total. The minimum absolute atomic E-state index is 0.208. The van der Waals surface area contributed by atoms with Gasteiger partial charge in [0.1, 0.15) is 17.3 Å². The first-order chi connectivity index (χ1) is 13.3. The van der Waals surface area contributed by atoms with Crippen LogP contribution in [0, 0.1) is 0 Å². The van der Waals surface area contributed by atoms with E-state index in [1.165, 1.54) is 0 Å². The number of anilines is 1. The summed E-state index contributed by atoms with van der Waals surface area (Å²) in [6, 6.07) is 20.5. The van der Waals surface area contributed by atoms with E-state index in [4.69, 9.17) is 4.74 Å². The molecule has 27 heavy (non-hydrogen) atoms. The van der Waals surface area contributed by atoms with Gasteiger partial charge in [0.05, 0.1) is 18.7 Å². The van der Waals surface area contributed by atoms with Gasteiger partial charge in [0.2, 0.25) is 0 Å². The summed E-state index contributed by atoms with van der Waals surface area (Å²) in [5, 5.41) is 15.0. The van der Waals surface area contributed by atoms with E-state index >= 15 is 0 Å². The Morgan fingerprint density at radius 3 is 2.44 bits per heavy atom. The van der Waals surface area contributed by atoms with Crippen molar-refractivity contribution in [2.24, 2.45) is 0 Å². The van der Waals surface area contributed by atoms with Gasteiger partial charge in [0.25, 0.3) is 0 Å². The number of pyridine rings is 2.